The molecule has 2 N–H and O–H groups in total. The lowest BCUT2D eigenvalue weighted by atomic mass is 9.98. The molecule has 174 valence electrons. The number of carboxylic acid groups (broad SMARTS) is 1. The van der Waals surface area contributed by atoms with Crippen molar-refractivity contribution in [3.63, 3.8) is 0 Å². The van der Waals surface area contributed by atoms with Crippen molar-refractivity contribution in [3.8, 4) is 11.1 Å². The fourth-order valence-corrected chi connectivity index (χ4v) is 5.03. The molecule has 1 heterocycles. The molecule has 1 aliphatic carbocycles. The number of nitrogens with zero attached hydrogens (tertiary/aromatic N) is 1. The molecule has 1 fully saturated rings. The Hall–Kier alpha value is -3.35. The third kappa shape index (κ3) is 4.87. The number of rotatable bonds is 8. The summed E-state index contributed by atoms with van der Waals surface area (Å²) >= 11 is 0. The zero-order chi connectivity index (χ0) is 23.4. The van der Waals surface area contributed by atoms with Crippen molar-refractivity contribution in [2.24, 2.45) is 0 Å². The van der Waals surface area contributed by atoms with E-state index in [0.29, 0.717) is 25.8 Å². The Bertz CT molecular complexity index is 991. The van der Waals surface area contributed by atoms with Crippen LogP contribution in [0.15, 0.2) is 48.5 Å². The summed E-state index contributed by atoms with van der Waals surface area (Å²) in [5.41, 5.74) is 4.60. The highest BCUT2D eigenvalue weighted by molar-refractivity contribution is 5.85. The molecule has 0 spiro atoms. The fraction of sp³-hybridized carbons (Fsp3) is 0.423. The van der Waals surface area contributed by atoms with E-state index in [1.54, 1.807) is 0 Å². The monoisotopic (exact) mass is 450 g/mol. The summed E-state index contributed by atoms with van der Waals surface area (Å²) in [5.74, 6) is -1.25. The highest BCUT2D eigenvalue weighted by atomic mass is 16.5. The first-order valence-corrected chi connectivity index (χ1v) is 11.6. The van der Waals surface area contributed by atoms with Gasteiger partial charge in [0.15, 0.2) is 0 Å². The number of ether oxygens (including phenoxy) is 1. The van der Waals surface area contributed by atoms with Crippen LogP contribution in [0.1, 0.15) is 56.1 Å². The molecule has 2 aromatic rings. The zero-order valence-electron chi connectivity index (χ0n) is 18.8. The number of alkyl carbamates (subject to hydrolysis) is 1. The molecule has 7 heteroatoms. The Balaban J connectivity index is 1.37. The van der Waals surface area contributed by atoms with Gasteiger partial charge in [0.2, 0.25) is 5.91 Å². The van der Waals surface area contributed by atoms with Gasteiger partial charge in [-0.1, -0.05) is 61.9 Å². The van der Waals surface area contributed by atoms with Gasteiger partial charge in [-0.05, 0) is 41.5 Å². The minimum absolute atomic E-state index is 0.0321. The SMILES string of the molecule is CCC[C@@H](CC(=O)N1CCCC1C(=O)O)NC(=O)OCC1c2ccccc2-c2ccccc21. The lowest BCUT2D eigenvalue weighted by Gasteiger charge is -2.25. The van der Waals surface area contributed by atoms with E-state index in [-0.39, 0.29) is 24.9 Å². The van der Waals surface area contributed by atoms with Crippen molar-refractivity contribution in [3.05, 3.63) is 59.7 Å². The predicted octanol–water partition coefficient (Wildman–Crippen LogP) is 4.16. The summed E-state index contributed by atoms with van der Waals surface area (Å²) < 4.78 is 5.61. The smallest absolute Gasteiger partial charge is 0.407 e. The van der Waals surface area contributed by atoms with E-state index in [1.807, 2.05) is 31.2 Å². The summed E-state index contributed by atoms with van der Waals surface area (Å²) in [6, 6.07) is 15.1. The maximum Gasteiger partial charge on any atom is 0.407 e. The number of amides is 2. The van der Waals surface area contributed by atoms with Gasteiger partial charge in [-0.25, -0.2) is 9.59 Å². The van der Waals surface area contributed by atoms with Gasteiger partial charge in [0.1, 0.15) is 12.6 Å². The molecule has 1 unspecified atom stereocenters. The maximum absolute atomic E-state index is 12.7. The van der Waals surface area contributed by atoms with E-state index in [2.05, 4.69) is 29.6 Å². The van der Waals surface area contributed by atoms with E-state index < -0.39 is 24.1 Å². The highest BCUT2D eigenvalue weighted by Gasteiger charge is 2.35. The van der Waals surface area contributed by atoms with Crippen LogP contribution in [-0.2, 0) is 14.3 Å². The number of aliphatic carboxylic acids is 1. The van der Waals surface area contributed by atoms with Gasteiger partial charge in [-0.3, -0.25) is 4.79 Å². The largest absolute Gasteiger partial charge is 0.480 e. The van der Waals surface area contributed by atoms with Gasteiger partial charge in [-0.2, -0.15) is 0 Å². The van der Waals surface area contributed by atoms with Crippen molar-refractivity contribution in [2.45, 2.75) is 57.0 Å². The standard InChI is InChI=1S/C26H30N2O5/c1-2-8-17(15-24(29)28-14-7-13-23(28)25(30)31)27-26(32)33-16-22-20-11-5-3-9-18(20)19-10-4-6-12-21(19)22/h3-6,9-12,17,22-23H,2,7-8,13-16H2,1H3,(H,27,32)(H,30,31)/t17-,23?/m0/s1. The minimum Gasteiger partial charge on any atom is -0.480 e. The zero-order valence-corrected chi connectivity index (χ0v) is 18.8. The van der Waals surface area contributed by atoms with Crippen LogP contribution >= 0.6 is 0 Å². The van der Waals surface area contributed by atoms with Crippen LogP contribution in [0.3, 0.4) is 0 Å². The Morgan fingerprint density at radius 3 is 2.33 bits per heavy atom. The number of carboxylic acids is 1. The molecule has 33 heavy (non-hydrogen) atoms. The molecule has 2 aliphatic rings. The molecule has 0 radical (unpaired) electrons. The summed E-state index contributed by atoms with van der Waals surface area (Å²) in [6.45, 7) is 2.63. The third-order valence-electron chi connectivity index (χ3n) is 6.58. The molecule has 0 aromatic heterocycles. The second-order valence-corrected chi connectivity index (χ2v) is 8.74. The fourth-order valence-electron chi connectivity index (χ4n) is 5.03. The molecule has 2 amide bonds. The molecular weight excluding hydrogens is 420 g/mol. The lowest BCUT2D eigenvalue weighted by molar-refractivity contribution is -0.148. The molecule has 0 bridgehead atoms. The molecule has 1 saturated heterocycles. The molecule has 0 saturated carbocycles. The Labute approximate surface area is 193 Å². The second kappa shape index (κ2) is 10.1. The van der Waals surface area contributed by atoms with Crippen molar-refractivity contribution in [1.82, 2.24) is 10.2 Å². The number of carbonyl (C=O) groups excluding carboxylic acids is 2. The van der Waals surface area contributed by atoms with Gasteiger partial charge in [0, 0.05) is 24.9 Å². The Morgan fingerprint density at radius 1 is 1.09 bits per heavy atom. The van der Waals surface area contributed by atoms with Crippen molar-refractivity contribution < 1.29 is 24.2 Å². The predicted molar refractivity (Wildman–Crippen MR) is 124 cm³/mol. The molecule has 7 nitrogen and oxygen atoms in total. The van der Waals surface area contributed by atoms with Crippen LogP contribution in [0, 0.1) is 0 Å². The van der Waals surface area contributed by atoms with E-state index in [9.17, 15) is 19.5 Å². The molecule has 4 rings (SSSR count). The van der Waals surface area contributed by atoms with Crippen molar-refractivity contribution in [1.29, 1.82) is 0 Å². The lowest BCUT2D eigenvalue weighted by Crippen LogP contribution is -2.44. The van der Waals surface area contributed by atoms with E-state index >= 15 is 0 Å². The van der Waals surface area contributed by atoms with E-state index in [1.165, 1.54) is 4.90 Å². The second-order valence-electron chi connectivity index (χ2n) is 8.74. The summed E-state index contributed by atoms with van der Waals surface area (Å²) in [7, 11) is 0. The van der Waals surface area contributed by atoms with Crippen LogP contribution in [0.2, 0.25) is 0 Å². The van der Waals surface area contributed by atoms with Crippen LogP contribution in [0.5, 0.6) is 0 Å². The quantitative estimate of drug-likeness (QED) is 0.630. The normalized spacial score (nSPS) is 17.8. The average molecular weight is 451 g/mol. The first-order chi connectivity index (χ1) is 16.0. The maximum atomic E-state index is 12.7. The summed E-state index contributed by atoms with van der Waals surface area (Å²) in [6.07, 6.45) is 2.06. The number of hydrogen-bond acceptors (Lipinski definition) is 4. The van der Waals surface area contributed by atoms with Crippen molar-refractivity contribution in [2.75, 3.05) is 13.2 Å². The number of likely N-dealkylation sites (tertiary alicyclic amines) is 1. The van der Waals surface area contributed by atoms with Gasteiger partial charge >= 0.3 is 12.1 Å². The van der Waals surface area contributed by atoms with Gasteiger partial charge in [0.05, 0.1) is 0 Å². The van der Waals surface area contributed by atoms with E-state index in [4.69, 9.17) is 4.74 Å². The van der Waals surface area contributed by atoms with Gasteiger partial charge in [-0.15, -0.1) is 0 Å². The van der Waals surface area contributed by atoms with Crippen LogP contribution in [0.25, 0.3) is 11.1 Å². The Kier molecular flexibility index (Phi) is 6.96. The third-order valence-corrected chi connectivity index (χ3v) is 6.58. The van der Waals surface area contributed by atoms with Gasteiger partial charge < -0.3 is 20.1 Å². The number of benzene rings is 2. The number of hydrogen-bond donors (Lipinski definition) is 2. The Morgan fingerprint density at radius 2 is 1.73 bits per heavy atom. The van der Waals surface area contributed by atoms with Crippen molar-refractivity contribution >= 4 is 18.0 Å². The summed E-state index contributed by atoms with van der Waals surface area (Å²) in [5, 5.41) is 12.2. The minimum atomic E-state index is -0.975. The number of nitrogens with one attached hydrogen (secondary N) is 1. The van der Waals surface area contributed by atoms with Crippen LogP contribution < -0.4 is 5.32 Å². The number of fused-ring (bicyclic) bond motifs is 3. The molecule has 1 aliphatic heterocycles. The summed E-state index contributed by atoms with van der Waals surface area (Å²) in [4.78, 5) is 38.2. The van der Waals surface area contributed by atoms with Crippen LogP contribution in [-0.4, -0.2) is 53.2 Å². The molecule has 2 aromatic carbocycles. The van der Waals surface area contributed by atoms with Gasteiger partial charge in [0.25, 0.3) is 0 Å². The first-order valence-electron chi connectivity index (χ1n) is 11.6. The number of carbonyl (C=O) groups is 3. The first kappa shape index (κ1) is 22.8. The highest BCUT2D eigenvalue weighted by Crippen LogP contribution is 2.44. The molecule has 2 atom stereocenters. The average Bonchev–Trinajstić information content (AvgIpc) is 3.42. The van der Waals surface area contributed by atoms with Crippen LogP contribution in [0.4, 0.5) is 4.79 Å². The topological polar surface area (TPSA) is 95.9 Å². The van der Waals surface area contributed by atoms with E-state index in [0.717, 1.165) is 28.7 Å². The molecular formula is C26H30N2O5.